The van der Waals surface area contributed by atoms with Gasteiger partial charge in [-0.15, -0.1) is 0 Å². The van der Waals surface area contributed by atoms with Crippen molar-refractivity contribution >= 4 is 0 Å². The Bertz CT molecular complexity index is 543. The van der Waals surface area contributed by atoms with Crippen molar-refractivity contribution in [3.05, 3.63) is 23.3 Å². The second kappa shape index (κ2) is 7.02. The van der Waals surface area contributed by atoms with Gasteiger partial charge in [0, 0.05) is 5.56 Å². The van der Waals surface area contributed by atoms with Gasteiger partial charge in [-0.3, -0.25) is 0 Å². The first-order valence-corrected chi connectivity index (χ1v) is 7.57. The maximum atomic E-state index is 10.0. The van der Waals surface area contributed by atoms with Gasteiger partial charge in [-0.2, -0.15) is 0 Å². The van der Waals surface area contributed by atoms with Crippen LogP contribution in [0, 0.1) is 6.92 Å². The van der Waals surface area contributed by atoms with Gasteiger partial charge in [0.05, 0.1) is 6.61 Å². The summed E-state index contributed by atoms with van der Waals surface area (Å²) in [5, 5.41) is 48.7. The highest BCUT2D eigenvalue weighted by atomic mass is 16.7. The minimum atomic E-state index is -1.49. The molecule has 0 saturated carbocycles. The maximum absolute atomic E-state index is 10.0. The number of aliphatic hydroxyl groups is 4. The molecule has 7 heteroatoms. The van der Waals surface area contributed by atoms with Crippen LogP contribution in [0.3, 0.4) is 0 Å². The van der Waals surface area contributed by atoms with Crippen LogP contribution in [0.4, 0.5) is 0 Å². The minimum absolute atomic E-state index is 0.0429. The first-order chi connectivity index (χ1) is 10.8. The number of ether oxygens (including phenoxy) is 2. The third kappa shape index (κ3) is 3.59. The van der Waals surface area contributed by atoms with Crippen molar-refractivity contribution in [3.63, 3.8) is 0 Å². The second-order valence-corrected chi connectivity index (χ2v) is 6.15. The molecule has 0 aliphatic carbocycles. The molecule has 23 heavy (non-hydrogen) atoms. The van der Waals surface area contributed by atoms with Gasteiger partial charge in [0.25, 0.3) is 0 Å². The molecular formula is C16H24O7. The van der Waals surface area contributed by atoms with Crippen molar-refractivity contribution in [1.82, 2.24) is 0 Å². The summed E-state index contributed by atoms with van der Waals surface area (Å²) in [7, 11) is 0. The summed E-state index contributed by atoms with van der Waals surface area (Å²) < 4.78 is 11.0. The van der Waals surface area contributed by atoms with Gasteiger partial charge in [0.2, 0.25) is 6.29 Å². The van der Waals surface area contributed by atoms with Crippen LogP contribution in [0.2, 0.25) is 0 Å². The Morgan fingerprint density at radius 2 is 1.78 bits per heavy atom. The molecule has 5 N–H and O–H groups in total. The van der Waals surface area contributed by atoms with E-state index in [4.69, 9.17) is 9.47 Å². The minimum Gasteiger partial charge on any atom is -0.508 e. The number of phenolic OH excluding ortho intramolecular Hbond substituents is 1. The third-order valence-electron chi connectivity index (χ3n) is 4.04. The summed E-state index contributed by atoms with van der Waals surface area (Å²) in [6, 6.07) is 3.20. The molecule has 1 saturated heterocycles. The standard InChI is InChI=1S/C16H24O7/c1-7(2)9-5-10(18)8(3)4-11(9)22-16-15(21)14(20)13(19)12(6-17)23-16/h4-5,7,12-21H,6H2,1-3H3/t12-,13-,14+,15-,16?/m1/s1. The highest BCUT2D eigenvalue weighted by molar-refractivity contribution is 5.46. The lowest BCUT2D eigenvalue weighted by Gasteiger charge is -2.39. The summed E-state index contributed by atoms with van der Waals surface area (Å²) in [5.41, 5.74) is 1.30. The zero-order valence-corrected chi connectivity index (χ0v) is 13.4. The monoisotopic (exact) mass is 328 g/mol. The fraction of sp³-hybridized carbons (Fsp3) is 0.625. The molecule has 1 aliphatic rings. The molecule has 0 radical (unpaired) electrons. The topological polar surface area (TPSA) is 120 Å². The van der Waals surface area contributed by atoms with E-state index in [1.807, 2.05) is 13.8 Å². The molecule has 0 amide bonds. The smallest absolute Gasteiger partial charge is 0.229 e. The number of hydrogen-bond acceptors (Lipinski definition) is 7. The maximum Gasteiger partial charge on any atom is 0.229 e. The van der Waals surface area contributed by atoms with Crippen LogP contribution in [0.15, 0.2) is 12.1 Å². The largest absolute Gasteiger partial charge is 0.508 e. The Labute approximate surface area is 134 Å². The fourth-order valence-corrected chi connectivity index (χ4v) is 2.53. The predicted octanol–water partition coefficient (Wildman–Crippen LogP) is 0.00272. The second-order valence-electron chi connectivity index (χ2n) is 6.15. The molecule has 1 aromatic carbocycles. The normalized spacial score (nSPS) is 31.4. The van der Waals surface area contributed by atoms with Gasteiger partial charge in [0.1, 0.15) is 35.9 Å². The first-order valence-electron chi connectivity index (χ1n) is 7.57. The average molecular weight is 328 g/mol. The molecule has 1 fully saturated rings. The lowest BCUT2D eigenvalue weighted by Crippen LogP contribution is -2.60. The summed E-state index contributed by atoms with van der Waals surface area (Å²) in [4.78, 5) is 0. The number of aromatic hydroxyl groups is 1. The van der Waals surface area contributed by atoms with Crippen molar-refractivity contribution < 1.29 is 35.0 Å². The Morgan fingerprint density at radius 3 is 2.35 bits per heavy atom. The highest BCUT2D eigenvalue weighted by Gasteiger charge is 2.44. The quantitative estimate of drug-likeness (QED) is 0.528. The molecule has 130 valence electrons. The van der Waals surface area contributed by atoms with Gasteiger partial charge in [-0.05, 0) is 30.5 Å². The average Bonchev–Trinajstić information content (AvgIpc) is 2.50. The van der Waals surface area contributed by atoms with Crippen LogP contribution in [-0.2, 0) is 4.74 Å². The van der Waals surface area contributed by atoms with E-state index in [1.54, 1.807) is 19.1 Å². The van der Waals surface area contributed by atoms with E-state index in [1.165, 1.54) is 0 Å². The molecule has 0 spiro atoms. The number of rotatable bonds is 4. The summed E-state index contributed by atoms with van der Waals surface area (Å²) in [5.74, 6) is 0.580. The van der Waals surface area contributed by atoms with E-state index in [0.717, 1.165) is 0 Å². The van der Waals surface area contributed by atoms with Crippen molar-refractivity contribution in [2.24, 2.45) is 0 Å². The Morgan fingerprint density at radius 1 is 1.13 bits per heavy atom. The van der Waals surface area contributed by atoms with E-state index < -0.39 is 37.3 Å². The zero-order chi connectivity index (χ0) is 17.3. The van der Waals surface area contributed by atoms with Gasteiger partial charge in [-0.25, -0.2) is 0 Å². The number of phenols is 1. The Balaban J connectivity index is 2.29. The lowest BCUT2D eigenvalue weighted by atomic mass is 9.98. The molecule has 2 rings (SSSR count). The van der Waals surface area contributed by atoms with E-state index in [2.05, 4.69) is 0 Å². The van der Waals surface area contributed by atoms with E-state index in [0.29, 0.717) is 16.9 Å². The predicted molar refractivity (Wildman–Crippen MR) is 81.3 cm³/mol. The van der Waals surface area contributed by atoms with Gasteiger partial charge in [-0.1, -0.05) is 13.8 Å². The van der Waals surface area contributed by atoms with Crippen LogP contribution in [0.5, 0.6) is 11.5 Å². The van der Waals surface area contributed by atoms with Crippen LogP contribution in [0.1, 0.15) is 30.9 Å². The summed E-state index contributed by atoms with van der Waals surface area (Å²) in [6.07, 6.45) is -6.67. The fourth-order valence-electron chi connectivity index (χ4n) is 2.53. The molecule has 0 aromatic heterocycles. The molecule has 5 atom stereocenters. The first kappa shape index (κ1) is 18.0. The third-order valence-corrected chi connectivity index (χ3v) is 4.04. The molecule has 1 aliphatic heterocycles. The summed E-state index contributed by atoms with van der Waals surface area (Å²) >= 11 is 0. The van der Waals surface area contributed by atoms with Gasteiger partial charge < -0.3 is 35.0 Å². The van der Waals surface area contributed by atoms with Crippen LogP contribution >= 0.6 is 0 Å². The molecule has 1 unspecified atom stereocenters. The van der Waals surface area contributed by atoms with Crippen molar-refractivity contribution in [1.29, 1.82) is 0 Å². The molecule has 1 aromatic rings. The van der Waals surface area contributed by atoms with Crippen molar-refractivity contribution in [2.45, 2.75) is 57.4 Å². The van der Waals surface area contributed by atoms with Crippen molar-refractivity contribution in [3.8, 4) is 11.5 Å². The summed E-state index contributed by atoms with van der Waals surface area (Å²) in [6.45, 7) is 5.03. The van der Waals surface area contributed by atoms with Crippen LogP contribution in [0.25, 0.3) is 0 Å². The van der Waals surface area contributed by atoms with E-state index >= 15 is 0 Å². The van der Waals surface area contributed by atoms with Crippen LogP contribution in [-0.4, -0.2) is 62.8 Å². The SMILES string of the molecule is Cc1cc(OC2O[C@H](CO)[C@@H](O)[C@H](O)[C@H]2O)c(C(C)C)cc1O. The number of hydrogen-bond donors (Lipinski definition) is 5. The molecule has 7 nitrogen and oxygen atoms in total. The number of aryl methyl sites for hydroxylation is 1. The number of aliphatic hydroxyl groups excluding tert-OH is 4. The van der Waals surface area contributed by atoms with E-state index in [-0.39, 0.29) is 11.7 Å². The Kier molecular flexibility index (Phi) is 5.49. The Hall–Kier alpha value is -1.38. The van der Waals surface area contributed by atoms with E-state index in [9.17, 15) is 25.5 Å². The zero-order valence-electron chi connectivity index (χ0n) is 13.4. The van der Waals surface area contributed by atoms with Crippen LogP contribution < -0.4 is 4.74 Å². The van der Waals surface area contributed by atoms with Crippen molar-refractivity contribution in [2.75, 3.05) is 6.61 Å². The van der Waals surface area contributed by atoms with Gasteiger partial charge >= 0.3 is 0 Å². The molecular weight excluding hydrogens is 304 g/mol. The highest BCUT2D eigenvalue weighted by Crippen LogP contribution is 2.34. The lowest BCUT2D eigenvalue weighted by molar-refractivity contribution is -0.277. The number of benzene rings is 1. The van der Waals surface area contributed by atoms with Gasteiger partial charge in [0.15, 0.2) is 0 Å². The molecule has 1 heterocycles. The molecule has 0 bridgehead atoms.